The van der Waals surface area contributed by atoms with Gasteiger partial charge in [0.05, 0.1) is 11.1 Å². The van der Waals surface area contributed by atoms with Crippen molar-refractivity contribution in [2.45, 2.75) is 31.6 Å². The van der Waals surface area contributed by atoms with Crippen LogP contribution in [0.15, 0.2) is 206 Å². The van der Waals surface area contributed by atoms with Gasteiger partial charge in [0.1, 0.15) is 0 Å². The molecule has 0 amide bonds. The van der Waals surface area contributed by atoms with Crippen LogP contribution in [0.2, 0.25) is 0 Å². The Labute approximate surface area is 350 Å². The summed E-state index contributed by atoms with van der Waals surface area (Å²) >= 11 is 1.88. The van der Waals surface area contributed by atoms with Gasteiger partial charge in [-0.2, -0.15) is 0 Å². The van der Waals surface area contributed by atoms with Crippen molar-refractivity contribution in [1.29, 1.82) is 0 Å². The molecule has 11 rings (SSSR count). The maximum absolute atomic E-state index is 2.50. The van der Waals surface area contributed by atoms with Gasteiger partial charge in [-0.25, -0.2) is 0 Å². The van der Waals surface area contributed by atoms with Gasteiger partial charge in [0, 0.05) is 37.1 Å². The van der Waals surface area contributed by atoms with Gasteiger partial charge < -0.3 is 4.90 Å². The summed E-state index contributed by atoms with van der Waals surface area (Å²) in [5, 5.41) is 5.09. The minimum atomic E-state index is -0.458. The summed E-state index contributed by atoms with van der Waals surface area (Å²) in [6, 6.07) is 77.0. The second kappa shape index (κ2) is 13.7. The van der Waals surface area contributed by atoms with E-state index in [0.29, 0.717) is 0 Å². The molecule has 1 heterocycles. The number of hydrogen-bond donors (Lipinski definition) is 0. The summed E-state index contributed by atoms with van der Waals surface area (Å²) in [6.07, 6.45) is 0. The Morgan fingerprint density at radius 2 is 1.05 bits per heavy atom. The number of hydrogen-bond acceptors (Lipinski definition) is 2. The second-order valence-electron chi connectivity index (χ2n) is 16.9. The molecule has 9 aromatic carbocycles. The topological polar surface area (TPSA) is 3.24 Å². The van der Waals surface area contributed by atoms with Gasteiger partial charge >= 0.3 is 0 Å². The number of fused-ring (bicyclic) bond motifs is 7. The molecule has 0 N–H and O–H groups in total. The van der Waals surface area contributed by atoms with E-state index >= 15 is 0 Å². The van der Waals surface area contributed by atoms with E-state index in [1.54, 1.807) is 0 Å². The number of rotatable bonds is 6. The molecule has 0 radical (unpaired) electrons. The zero-order valence-corrected chi connectivity index (χ0v) is 34.3. The monoisotopic (exact) mass is 773 g/mol. The normalized spacial score (nSPS) is 13.1. The third kappa shape index (κ3) is 5.58. The maximum atomic E-state index is 2.50. The van der Waals surface area contributed by atoms with E-state index in [9.17, 15) is 0 Å². The molecular weight excluding hydrogens is 731 g/mol. The van der Waals surface area contributed by atoms with Crippen molar-refractivity contribution in [2.24, 2.45) is 0 Å². The lowest BCUT2D eigenvalue weighted by molar-refractivity contribution is 0.590. The van der Waals surface area contributed by atoms with E-state index in [1.165, 1.54) is 81.0 Å². The summed E-state index contributed by atoms with van der Waals surface area (Å²) in [5.74, 6) is 0. The van der Waals surface area contributed by atoms with Crippen molar-refractivity contribution in [2.75, 3.05) is 4.90 Å². The molecule has 0 unspecified atom stereocenters. The van der Waals surface area contributed by atoms with Gasteiger partial charge in [-0.05, 0) is 103 Å². The zero-order valence-electron chi connectivity index (χ0n) is 33.5. The van der Waals surface area contributed by atoms with Crippen LogP contribution in [0.3, 0.4) is 0 Å². The maximum Gasteiger partial charge on any atom is 0.0713 e. The molecule has 0 spiro atoms. The summed E-state index contributed by atoms with van der Waals surface area (Å²) in [4.78, 5) is 2.50. The Balaban J connectivity index is 1.19. The highest BCUT2D eigenvalue weighted by Crippen LogP contribution is 2.57. The molecule has 1 aromatic heterocycles. The van der Waals surface area contributed by atoms with Gasteiger partial charge in [0.2, 0.25) is 0 Å². The minimum absolute atomic E-state index is 0.0343. The smallest absolute Gasteiger partial charge is 0.0713 e. The predicted molar refractivity (Wildman–Crippen MR) is 253 cm³/mol. The summed E-state index contributed by atoms with van der Waals surface area (Å²) in [7, 11) is 0. The third-order valence-corrected chi connectivity index (χ3v) is 13.6. The van der Waals surface area contributed by atoms with E-state index in [1.807, 2.05) is 11.3 Å². The average molecular weight is 774 g/mol. The minimum Gasteiger partial charge on any atom is -0.310 e. The number of nitrogens with zero attached hydrogens (tertiary/aromatic N) is 1. The molecule has 0 fully saturated rings. The molecular formula is C57H43NS. The first kappa shape index (κ1) is 35.4. The van der Waals surface area contributed by atoms with Crippen molar-refractivity contribution >= 4 is 59.3 Å². The molecule has 1 aliphatic rings. The summed E-state index contributed by atoms with van der Waals surface area (Å²) in [6.45, 7) is 6.86. The fraction of sp³-hybridized carbons (Fsp3) is 0.0877. The van der Waals surface area contributed by atoms with Crippen LogP contribution >= 0.6 is 11.3 Å². The molecule has 0 aliphatic heterocycles. The van der Waals surface area contributed by atoms with Crippen LogP contribution in [-0.4, -0.2) is 0 Å². The molecule has 59 heavy (non-hydrogen) atoms. The lowest BCUT2D eigenvalue weighted by Crippen LogP contribution is -2.28. The Hall–Kier alpha value is -6.74. The molecule has 0 atom stereocenters. The van der Waals surface area contributed by atoms with Crippen LogP contribution in [0.1, 0.15) is 48.6 Å². The third-order valence-electron chi connectivity index (χ3n) is 12.5. The van der Waals surface area contributed by atoms with Crippen LogP contribution in [0.5, 0.6) is 0 Å². The molecule has 0 bridgehead atoms. The van der Waals surface area contributed by atoms with Crippen LogP contribution in [0, 0.1) is 0 Å². The summed E-state index contributed by atoms with van der Waals surface area (Å²) in [5.41, 5.74) is 14.4. The van der Waals surface area contributed by atoms with Gasteiger partial charge in [-0.15, -0.1) is 11.3 Å². The Kier molecular flexibility index (Phi) is 8.22. The SMILES string of the molecule is CC(C)(C)c1ccc(N(c2ccc3c(c2)-c2ccccc2C3(c2ccccc2)c2ccccc2)c2ccc3ccccc3c2-c2ccc3c(c2)sc2ccccc23)cc1. The molecule has 1 aliphatic carbocycles. The fourth-order valence-corrected chi connectivity index (χ4v) is 10.9. The first-order valence-electron chi connectivity index (χ1n) is 20.6. The van der Waals surface area contributed by atoms with E-state index in [0.717, 1.165) is 17.1 Å². The van der Waals surface area contributed by atoms with Gasteiger partial charge in [0.25, 0.3) is 0 Å². The molecule has 10 aromatic rings. The van der Waals surface area contributed by atoms with E-state index in [2.05, 4.69) is 232 Å². The number of benzene rings is 9. The quantitative estimate of drug-likeness (QED) is 0.163. The predicted octanol–water partition coefficient (Wildman–Crippen LogP) is 16.0. The molecule has 0 saturated heterocycles. The lowest BCUT2D eigenvalue weighted by Gasteiger charge is -2.34. The van der Waals surface area contributed by atoms with Crippen molar-refractivity contribution < 1.29 is 0 Å². The second-order valence-corrected chi connectivity index (χ2v) is 18.0. The van der Waals surface area contributed by atoms with Crippen LogP contribution in [-0.2, 0) is 10.8 Å². The Morgan fingerprint density at radius 1 is 0.441 bits per heavy atom. The van der Waals surface area contributed by atoms with E-state index < -0.39 is 5.41 Å². The molecule has 0 saturated carbocycles. The standard InChI is InChI=1S/C57H43NS/c1-56(2,3)40-28-30-43(31-29-40)58(52-35-27-38-16-10-11-21-45(38)55(52)39-26-33-48-47-23-13-15-25-53(47)59-54(48)36-39)44-32-34-51-49(37-44)46-22-12-14-24-50(46)57(51,41-17-6-4-7-18-41)42-19-8-5-9-20-42/h4-37H,1-3H3. The highest BCUT2D eigenvalue weighted by Gasteiger charge is 2.46. The Bertz CT molecular complexity index is 3150. The van der Waals surface area contributed by atoms with E-state index in [-0.39, 0.29) is 5.41 Å². The fourth-order valence-electron chi connectivity index (χ4n) is 9.75. The Morgan fingerprint density at radius 3 is 1.80 bits per heavy atom. The average Bonchev–Trinajstić information content (AvgIpc) is 3.80. The van der Waals surface area contributed by atoms with Crippen LogP contribution in [0.4, 0.5) is 17.1 Å². The van der Waals surface area contributed by atoms with Gasteiger partial charge in [-0.3, -0.25) is 0 Å². The zero-order chi connectivity index (χ0) is 39.7. The largest absolute Gasteiger partial charge is 0.310 e. The number of anilines is 3. The van der Waals surface area contributed by atoms with Crippen LogP contribution < -0.4 is 4.90 Å². The van der Waals surface area contributed by atoms with Crippen molar-refractivity contribution in [1.82, 2.24) is 0 Å². The van der Waals surface area contributed by atoms with E-state index in [4.69, 9.17) is 0 Å². The van der Waals surface area contributed by atoms with Crippen molar-refractivity contribution in [3.8, 4) is 22.3 Å². The van der Waals surface area contributed by atoms with Gasteiger partial charge in [-0.1, -0.05) is 185 Å². The lowest BCUT2D eigenvalue weighted by atomic mass is 9.68. The molecule has 1 nitrogen and oxygen atoms in total. The first-order valence-corrected chi connectivity index (χ1v) is 21.4. The summed E-state index contributed by atoms with van der Waals surface area (Å²) < 4.78 is 2.62. The molecule has 282 valence electrons. The first-order chi connectivity index (χ1) is 28.9. The van der Waals surface area contributed by atoms with Crippen molar-refractivity contribution in [3.05, 3.63) is 234 Å². The van der Waals surface area contributed by atoms with Crippen molar-refractivity contribution in [3.63, 3.8) is 0 Å². The number of thiophene rings is 1. The highest BCUT2D eigenvalue weighted by molar-refractivity contribution is 7.25. The van der Waals surface area contributed by atoms with Crippen LogP contribution in [0.25, 0.3) is 53.2 Å². The van der Waals surface area contributed by atoms with Gasteiger partial charge in [0.15, 0.2) is 0 Å². The molecule has 2 heteroatoms. The highest BCUT2D eigenvalue weighted by atomic mass is 32.1.